The Morgan fingerprint density at radius 1 is 1.09 bits per heavy atom. The van der Waals surface area contributed by atoms with Crippen molar-refractivity contribution in [2.75, 3.05) is 33.9 Å². The van der Waals surface area contributed by atoms with Crippen molar-refractivity contribution in [1.82, 2.24) is 25.0 Å². The van der Waals surface area contributed by atoms with Gasteiger partial charge < -0.3 is 19.4 Å². The highest BCUT2D eigenvalue weighted by Crippen LogP contribution is 2.29. The molecule has 0 saturated carbocycles. The minimum Gasteiger partial charge on any atom is -0.496 e. The van der Waals surface area contributed by atoms with Gasteiger partial charge >= 0.3 is 0 Å². The van der Waals surface area contributed by atoms with Crippen LogP contribution in [0.4, 0.5) is 0 Å². The van der Waals surface area contributed by atoms with Gasteiger partial charge in [-0.15, -0.1) is 10.2 Å². The van der Waals surface area contributed by atoms with E-state index in [-0.39, 0.29) is 11.9 Å². The van der Waals surface area contributed by atoms with Crippen LogP contribution in [0.3, 0.4) is 0 Å². The molecule has 0 radical (unpaired) electrons. The first-order chi connectivity index (χ1) is 15.6. The normalized spacial score (nSPS) is 15.2. The van der Waals surface area contributed by atoms with E-state index in [0.29, 0.717) is 13.0 Å². The second kappa shape index (κ2) is 10.1. The zero-order chi connectivity index (χ0) is 22.5. The van der Waals surface area contributed by atoms with Crippen LogP contribution in [0, 0.1) is 0 Å². The minimum atomic E-state index is -0.197. The van der Waals surface area contributed by atoms with Gasteiger partial charge in [0.05, 0.1) is 19.8 Å². The van der Waals surface area contributed by atoms with Gasteiger partial charge in [0.15, 0.2) is 5.82 Å². The highest BCUT2D eigenvalue weighted by molar-refractivity contribution is 5.91. The van der Waals surface area contributed by atoms with Gasteiger partial charge in [-0.25, -0.2) is 0 Å². The molecule has 170 valence electrons. The number of benzene rings is 2. The van der Waals surface area contributed by atoms with Crippen molar-refractivity contribution in [1.29, 1.82) is 0 Å². The number of ether oxygens (including phenoxy) is 2. The first-order valence-corrected chi connectivity index (χ1v) is 11.1. The van der Waals surface area contributed by atoms with Gasteiger partial charge in [-0.2, -0.15) is 0 Å². The van der Waals surface area contributed by atoms with Crippen molar-refractivity contribution in [2.45, 2.75) is 38.9 Å². The van der Waals surface area contributed by atoms with E-state index in [1.54, 1.807) is 14.2 Å². The SMILES string of the molecule is COCCC(=O)N[C@@H](C)c1nnc2n1CCN(Cc1ccc(OC)c3ccccc13)CC2. The second-order valence-electron chi connectivity index (χ2n) is 8.16. The summed E-state index contributed by atoms with van der Waals surface area (Å²) in [4.78, 5) is 14.5. The summed E-state index contributed by atoms with van der Waals surface area (Å²) >= 11 is 0. The molecule has 8 nitrogen and oxygen atoms in total. The molecule has 1 aliphatic heterocycles. The Morgan fingerprint density at radius 2 is 1.91 bits per heavy atom. The van der Waals surface area contributed by atoms with Gasteiger partial charge in [-0.1, -0.05) is 30.3 Å². The van der Waals surface area contributed by atoms with E-state index < -0.39 is 0 Å². The van der Waals surface area contributed by atoms with Gasteiger partial charge in [-0.05, 0) is 23.9 Å². The molecule has 2 aromatic carbocycles. The summed E-state index contributed by atoms with van der Waals surface area (Å²) in [5.74, 6) is 2.64. The summed E-state index contributed by atoms with van der Waals surface area (Å²) < 4.78 is 12.7. The molecule has 3 aromatic rings. The fraction of sp³-hybridized carbons (Fsp3) is 0.458. The quantitative estimate of drug-likeness (QED) is 0.584. The molecule has 0 unspecified atom stereocenters. The summed E-state index contributed by atoms with van der Waals surface area (Å²) in [5, 5.41) is 14.2. The zero-order valence-electron chi connectivity index (χ0n) is 19.0. The van der Waals surface area contributed by atoms with E-state index >= 15 is 0 Å². The maximum Gasteiger partial charge on any atom is 0.222 e. The van der Waals surface area contributed by atoms with Gasteiger partial charge in [-0.3, -0.25) is 9.69 Å². The highest BCUT2D eigenvalue weighted by Gasteiger charge is 2.23. The van der Waals surface area contributed by atoms with Crippen molar-refractivity contribution < 1.29 is 14.3 Å². The van der Waals surface area contributed by atoms with Crippen molar-refractivity contribution in [3.63, 3.8) is 0 Å². The summed E-state index contributed by atoms with van der Waals surface area (Å²) in [6, 6.07) is 12.4. The predicted octanol–water partition coefficient (Wildman–Crippen LogP) is 2.71. The van der Waals surface area contributed by atoms with Crippen molar-refractivity contribution in [2.24, 2.45) is 0 Å². The van der Waals surface area contributed by atoms with Crippen molar-refractivity contribution in [3.05, 3.63) is 53.6 Å². The molecule has 1 aromatic heterocycles. The van der Waals surface area contributed by atoms with Crippen LogP contribution in [-0.2, 0) is 29.0 Å². The lowest BCUT2D eigenvalue weighted by atomic mass is 10.0. The number of nitrogens with zero attached hydrogens (tertiary/aromatic N) is 4. The third-order valence-corrected chi connectivity index (χ3v) is 6.03. The Labute approximate surface area is 188 Å². The summed E-state index contributed by atoms with van der Waals surface area (Å²) in [5.41, 5.74) is 1.29. The first kappa shape index (κ1) is 22.2. The van der Waals surface area contributed by atoms with Crippen molar-refractivity contribution in [3.8, 4) is 5.75 Å². The molecule has 2 heterocycles. The average Bonchev–Trinajstić information content (AvgIpc) is 3.12. The molecule has 1 atom stereocenters. The molecule has 32 heavy (non-hydrogen) atoms. The topological polar surface area (TPSA) is 81.5 Å². The van der Waals surface area contributed by atoms with E-state index in [4.69, 9.17) is 9.47 Å². The number of rotatable bonds is 8. The van der Waals surface area contributed by atoms with Crippen LogP contribution in [-0.4, -0.2) is 59.5 Å². The van der Waals surface area contributed by atoms with E-state index in [9.17, 15) is 4.79 Å². The van der Waals surface area contributed by atoms with Crippen LogP contribution >= 0.6 is 0 Å². The number of amides is 1. The third kappa shape index (κ3) is 4.76. The van der Waals surface area contributed by atoms with Crippen molar-refractivity contribution >= 4 is 16.7 Å². The molecule has 0 spiro atoms. The summed E-state index contributed by atoms with van der Waals surface area (Å²) in [6.45, 7) is 5.82. The first-order valence-electron chi connectivity index (χ1n) is 11.1. The predicted molar refractivity (Wildman–Crippen MR) is 123 cm³/mol. The van der Waals surface area contributed by atoms with Crippen LogP contribution in [0.2, 0.25) is 0 Å². The molecular formula is C24H31N5O3. The van der Waals surface area contributed by atoms with E-state index in [1.165, 1.54) is 10.9 Å². The number of aromatic nitrogens is 3. The lowest BCUT2D eigenvalue weighted by molar-refractivity contribution is -0.122. The fourth-order valence-electron chi connectivity index (χ4n) is 4.33. The Morgan fingerprint density at radius 3 is 2.69 bits per heavy atom. The Bertz CT molecular complexity index is 1080. The molecule has 4 rings (SSSR count). The van der Waals surface area contributed by atoms with Gasteiger partial charge in [0.1, 0.15) is 11.6 Å². The van der Waals surface area contributed by atoms with E-state index in [0.717, 1.165) is 55.4 Å². The Balaban J connectivity index is 1.45. The second-order valence-corrected chi connectivity index (χ2v) is 8.16. The highest BCUT2D eigenvalue weighted by atomic mass is 16.5. The number of methoxy groups -OCH3 is 2. The fourth-order valence-corrected chi connectivity index (χ4v) is 4.33. The minimum absolute atomic E-state index is 0.0432. The molecule has 1 amide bonds. The Kier molecular flexibility index (Phi) is 7.02. The zero-order valence-corrected chi connectivity index (χ0v) is 19.0. The molecule has 8 heteroatoms. The number of carbonyl (C=O) groups is 1. The molecule has 0 aliphatic carbocycles. The maximum absolute atomic E-state index is 12.1. The maximum atomic E-state index is 12.1. The smallest absolute Gasteiger partial charge is 0.222 e. The third-order valence-electron chi connectivity index (χ3n) is 6.03. The number of hydrogen-bond acceptors (Lipinski definition) is 6. The lowest BCUT2D eigenvalue weighted by Crippen LogP contribution is -2.30. The monoisotopic (exact) mass is 437 g/mol. The summed E-state index contributed by atoms with van der Waals surface area (Å²) in [6.07, 6.45) is 1.16. The summed E-state index contributed by atoms with van der Waals surface area (Å²) in [7, 11) is 3.31. The molecule has 0 bridgehead atoms. The largest absolute Gasteiger partial charge is 0.496 e. The van der Waals surface area contributed by atoms with Crippen LogP contribution in [0.5, 0.6) is 5.75 Å². The number of fused-ring (bicyclic) bond motifs is 2. The van der Waals surface area contributed by atoms with Gasteiger partial charge in [0.2, 0.25) is 5.91 Å². The van der Waals surface area contributed by atoms with Gasteiger partial charge in [0.25, 0.3) is 0 Å². The van der Waals surface area contributed by atoms with Crippen LogP contribution in [0.1, 0.15) is 36.6 Å². The van der Waals surface area contributed by atoms with E-state index in [1.807, 2.05) is 13.0 Å². The molecular weight excluding hydrogens is 406 g/mol. The molecule has 1 N–H and O–H groups in total. The lowest BCUT2D eigenvalue weighted by Gasteiger charge is -2.21. The van der Waals surface area contributed by atoms with Crippen LogP contribution in [0.25, 0.3) is 10.8 Å². The number of hydrogen-bond donors (Lipinski definition) is 1. The average molecular weight is 438 g/mol. The molecule has 1 aliphatic rings. The van der Waals surface area contributed by atoms with Gasteiger partial charge in [0, 0.05) is 51.5 Å². The standard InChI is InChI=1S/C24H31N5O3/c1-17(25-23(30)11-15-31-2)24-27-26-22-10-12-28(13-14-29(22)24)16-18-8-9-21(32-3)20-7-5-4-6-19(18)20/h4-9,17H,10-16H2,1-3H3,(H,25,30)/t17-/m0/s1. The number of nitrogens with one attached hydrogen (secondary N) is 1. The molecule has 0 fully saturated rings. The van der Waals surface area contributed by atoms with Crippen LogP contribution < -0.4 is 10.1 Å². The molecule has 0 saturated heterocycles. The number of carbonyl (C=O) groups excluding carboxylic acids is 1. The Hall–Kier alpha value is -2.97. The van der Waals surface area contributed by atoms with Crippen LogP contribution in [0.15, 0.2) is 36.4 Å². The van der Waals surface area contributed by atoms with E-state index in [2.05, 4.69) is 55.3 Å².